The molecule has 0 aliphatic rings. The van der Waals surface area contributed by atoms with Crippen LogP contribution in [0, 0.1) is 0 Å². The maximum Gasteiger partial charge on any atom is 0.469 e. The van der Waals surface area contributed by atoms with Gasteiger partial charge in [0.05, 0.1) is 31.9 Å². The second-order valence-corrected chi connectivity index (χ2v) is 4.35. The molecule has 0 amide bonds. The summed E-state index contributed by atoms with van der Waals surface area (Å²) >= 11 is 0. The van der Waals surface area contributed by atoms with Crippen molar-refractivity contribution >= 4 is 13.8 Å². The van der Waals surface area contributed by atoms with Crippen molar-refractivity contribution in [2.75, 3.05) is 26.4 Å². The van der Waals surface area contributed by atoms with E-state index >= 15 is 0 Å². The predicted molar refractivity (Wildman–Crippen MR) is 50.5 cm³/mol. The summed E-state index contributed by atoms with van der Waals surface area (Å²) in [5, 5.41) is 28.5. The highest BCUT2D eigenvalue weighted by Gasteiger charge is 2.32. The number of nitrogens with one attached hydrogen (secondary N) is 1. The smallest absolute Gasteiger partial charge is 0.469 e. The number of phosphoric ester groups is 1. The number of carboxylic acids is 1. The summed E-state index contributed by atoms with van der Waals surface area (Å²) in [6, 6.07) is 0. The molecule has 0 aliphatic carbocycles. The molecule has 0 saturated heterocycles. The maximum atomic E-state index is 10.4. The average Bonchev–Trinajstić information content (AvgIpc) is 2.18. The number of hydrogen-bond donors (Lipinski definition) is 6. The van der Waals surface area contributed by atoms with Gasteiger partial charge in [-0.25, -0.2) is 4.57 Å². The molecule has 0 bridgehead atoms. The highest BCUT2D eigenvalue weighted by Crippen LogP contribution is 2.36. The van der Waals surface area contributed by atoms with E-state index in [1.165, 1.54) is 0 Å². The van der Waals surface area contributed by atoms with E-state index in [1.54, 1.807) is 0 Å². The van der Waals surface area contributed by atoms with Gasteiger partial charge in [-0.2, -0.15) is 0 Å². The minimum atomic E-state index is -4.75. The van der Waals surface area contributed by atoms with Gasteiger partial charge in [0.2, 0.25) is 0 Å². The lowest BCUT2D eigenvalue weighted by molar-refractivity contribution is -0.136. The molecule has 10 heteroatoms. The number of rotatable bonds is 8. The van der Waals surface area contributed by atoms with Crippen LogP contribution in [0.4, 0.5) is 0 Å². The molecule has 16 heavy (non-hydrogen) atoms. The van der Waals surface area contributed by atoms with Crippen molar-refractivity contribution in [3.63, 3.8) is 0 Å². The SMILES string of the molecule is O=C(O)CNC(CO)(CO)COP(=O)(O)O. The predicted octanol–water partition coefficient (Wildman–Crippen LogP) is -2.51. The highest BCUT2D eigenvalue weighted by molar-refractivity contribution is 7.46. The Hall–Kier alpha value is -0.540. The van der Waals surface area contributed by atoms with Crippen molar-refractivity contribution in [3.8, 4) is 0 Å². The lowest BCUT2D eigenvalue weighted by Crippen LogP contribution is -2.56. The zero-order chi connectivity index (χ0) is 12.8. The summed E-state index contributed by atoms with van der Waals surface area (Å²) in [5.41, 5.74) is -1.61. The zero-order valence-corrected chi connectivity index (χ0v) is 9.13. The van der Waals surface area contributed by atoms with E-state index in [4.69, 9.17) is 25.1 Å². The van der Waals surface area contributed by atoms with Crippen LogP contribution in [0.1, 0.15) is 0 Å². The molecular weight excluding hydrogens is 245 g/mol. The number of aliphatic carboxylic acids is 1. The molecule has 9 nitrogen and oxygen atoms in total. The van der Waals surface area contributed by atoms with Gasteiger partial charge in [-0.1, -0.05) is 0 Å². The van der Waals surface area contributed by atoms with Crippen LogP contribution in [0.5, 0.6) is 0 Å². The Morgan fingerprint density at radius 3 is 2.12 bits per heavy atom. The summed E-state index contributed by atoms with van der Waals surface area (Å²) in [6.07, 6.45) is 0. The number of phosphoric acid groups is 1. The fourth-order valence-electron chi connectivity index (χ4n) is 0.775. The van der Waals surface area contributed by atoms with Crippen LogP contribution in [-0.2, 0) is 13.9 Å². The molecule has 0 fully saturated rings. The summed E-state index contributed by atoms with van der Waals surface area (Å²) in [7, 11) is -4.75. The zero-order valence-electron chi connectivity index (χ0n) is 8.24. The molecule has 0 unspecified atom stereocenters. The molecule has 0 aromatic heterocycles. The van der Waals surface area contributed by atoms with E-state index in [0.717, 1.165) is 0 Å². The van der Waals surface area contributed by atoms with Gasteiger partial charge in [0, 0.05) is 0 Å². The average molecular weight is 259 g/mol. The van der Waals surface area contributed by atoms with Gasteiger partial charge in [0.15, 0.2) is 0 Å². The first-order valence-corrected chi connectivity index (χ1v) is 5.66. The first-order chi connectivity index (χ1) is 7.24. The molecule has 0 aromatic carbocycles. The molecule has 0 aromatic rings. The van der Waals surface area contributed by atoms with E-state index in [2.05, 4.69) is 9.84 Å². The third-order valence-corrected chi connectivity index (χ3v) is 2.19. The molecule has 0 aliphatic heterocycles. The molecule has 0 saturated carbocycles. The van der Waals surface area contributed by atoms with Gasteiger partial charge >= 0.3 is 13.8 Å². The van der Waals surface area contributed by atoms with Crippen LogP contribution >= 0.6 is 7.82 Å². The Morgan fingerprint density at radius 2 is 1.81 bits per heavy atom. The third kappa shape index (κ3) is 6.13. The molecule has 0 rings (SSSR count). The largest absolute Gasteiger partial charge is 0.480 e. The van der Waals surface area contributed by atoms with Crippen molar-refractivity contribution in [2.24, 2.45) is 0 Å². The van der Waals surface area contributed by atoms with Crippen LogP contribution < -0.4 is 5.32 Å². The van der Waals surface area contributed by atoms with E-state index in [0.29, 0.717) is 0 Å². The van der Waals surface area contributed by atoms with Crippen molar-refractivity contribution in [1.82, 2.24) is 5.32 Å². The first kappa shape index (κ1) is 15.5. The van der Waals surface area contributed by atoms with Crippen molar-refractivity contribution in [2.45, 2.75) is 5.54 Å². The van der Waals surface area contributed by atoms with Crippen molar-refractivity contribution in [1.29, 1.82) is 0 Å². The summed E-state index contributed by atoms with van der Waals surface area (Å²) in [6.45, 7) is -2.79. The van der Waals surface area contributed by atoms with Crippen molar-refractivity contribution in [3.05, 3.63) is 0 Å². The molecule has 0 atom stereocenters. The van der Waals surface area contributed by atoms with Crippen LogP contribution in [0.2, 0.25) is 0 Å². The van der Waals surface area contributed by atoms with E-state index in [1.807, 2.05) is 0 Å². The molecule has 0 heterocycles. The standard InChI is InChI=1S/C6H14NO8P/c8-2-6(3-9,7-1-5(10)11)4-15-16(12,13)14/h7-9H,1-4H2,(H,10,11)(H2,12,13,14). The maximum absolute atomic E-state index is 10.4. The van der Waals surface area contributed by atoms with Crippen LogP contribution in [0.15, 0.2) is 0 Å². The Balaban J connectivity index is 4.43. The highest BCUT2D eigenvalue weighted by atomic mass is 31.2. The summed E-state index contributed by atoms with van der Waals surface area (Å²) in [4.78, 5) is 27.1. The quantitative estimate of drug-likeness (QED) is 0.259. The van der Waals surface area contributed by atoms with E-state index in [9.17, 15) is 9.36 Å². The van der Waals surface area contributed by atoms with Gasteiger partial charge in [-0.05, 0) is 0 Å². The monoisotopic (exact) mass is 259 g/mol. The van der Waals surface area contributed by atoms with E-state index < -0.39 is 45.7 Å². The van der Waals surface area contributed by atoms with Gasteiger partial charge in [0.25, 0.3) is 0 Å². The fourth-order valence-corrected chi connectivity index (χ4v) is 1.19. The molecule has 6 N–H and O–H groups in total. The van der Waals surface area contributed by atoms with E-state index in [-0.39, 0.29) is 0 Å². The Bertz CT molecular complexity index is 272. The fraction of sp³-hybridized carbons (Fsp3) is 0.833. The van der Waals surface area contributed by atoms with Gasteiger partial charge in [-0.3, -0.25) is 14.6 Å². The second kappa shape index (κ2) is 6.26. The van der Waals surface area contributed by atoms with Gasteiger partial charge in [0.1, 0.15) is 0 Å². The minimum Gasteiger partial charge on any atom is -0.480 e. The Morgan fingerprint density at radius 1 is 1.31 bits per heavy atom. The van der Waals surface area contributed by atoms with Crippen LogP contribution in [-0.4, -0.2) is 63.0 Å². The lowest BCUT2D eigenvalue weighted by Gasteiger charge is -2.29. The normalized spacial score (nSPS) is 12.8. The van der Waals surface area contributed by atoms with Crippen LogP contribution in [0.3, 0.4) is 0 Å². The molecular formula is C6H14NO8P. The Labute approximate surface area is 90.9 Å². The first-order valence-electron chi connectivity index (χ1n) is 4.13. The number of hydrogen-bond acceptors (Lipinski definition) is 6. The van der Waals surface area contributed by atoms with Gasteiger partial charge < -0.3 is 25.1 Å². The second-order valence-electron chi connectivity index (χ2n) is 3.11. The van der Waals surface area contributed by atoms with Crippen LogP contribution in [0.25, 0.3) is 0 Å². The Kier molecular flexibility index (Phi) is 6.05. The number of aliphatic hydroxyl groups is 2. The summed E-state index contributed by atoms with van der Waals surface area (Å²) in [5.74, 6) is -1.25. The molecule has 96 valence electrons. The summed E-state index contributed by atoms with van der Waals surface area (Å²) < 4.78 is 14.5. The number of carbonyl (C=O) groups is 1. The minimum absolute atomic E-state index is 0.592. The van der Waals surface area contributed by atoms with Crippen molar-refractivity contribution < 1.29 is 39.0 Å². The number of aliphatic hydroxyl groups excluding tert-OH is 2. The topological polar surface area (TPSA) is 157 Å². The molecule has 0 radical (unpaired) electrons. The van der Waals surface area contributed by atoms with Gasteiger partial charge in [-0.15, -0.1) is 0 Å². The number of carboxylic acid groups (broad SMARTS) is 1. The third-order valence-electron chi connectivity index (χ3n) is 1.73. The lowest BCUT2D eigenvalue weighted by atomic mass is 10.0. The molecule has 0 spiro atoms.